The number of benzene rings is 1. The van der Waals surface area contributed by atoms with Crippen LogP contribution in [0, 0.1) is 12.7 Å². The van der Waals surface area contributed by atoms with Crippen molar-refractivity contribution >= 4 is 38.1 Å². The van der Waals surface area contributed by atoms with Gasteiger partial charge in [-0.05, 0) is 36.8 Å². The molecule has 0 atom stereocenters. The fourth-order valence-electron chi connectivity index (χ4n) is 2.11. The highest BCUT2D eigenvalue weighted by molar-refractivity contribution is 7.23. The molecule has 0 aliphatic rings. The van der Waals surface area contributed by atoms with Gasteiger partial charge in [-0.3, -0.25) is 4.79 Å². The Hall–Kier alpha value is -2.55. The maximum absolute atomic E-state index is 13.9. The van der Waals surface area contributed by atoms with E-state index in [9.17, 15) is 9.18 Å². The van der Waals surface area contributed by atoms with Crippen molar-refractivity contribution in [2.75, 3.05) is 18.5 Å². The van der Waals surface area contributed by atoms with Gasteiger partial charge in [0, 0.05) is 11.6 Å². The minimum atomic E-state index is -0.565. The summed E-state index contributed by atoms with van der Waals surface area (Å²) in [5, 5.41) is 19.4. The summed E-state index contributed by atoms with van der Waals surface area (Å²) in [6, 6.07) is 8.36. The fourth-order valence-corrected chi connectivity index (χ4v) is 3.17. The van der Waals surface area contributed by atoms with Crippen LogP contribution in [0.1, 0.15) is 29.8 Å². The molecule has 0 saturated carbocycles. The number of anilines is 2. The Kier molecular flexibility index (Phi) is 9.35. The number of nitrogens with zero attached hydrogens (tertiary/aromatic N) is 1. The lowest BCUT2D eigenvalue weighted by Gasteiger charge is -2.07. The first kappa shape index (κ1) is 22.5. The van der Waals surface area contributed by atoms with Gasteiger partial charge >= 0.3 is 0 Å². The Morgan fingerprint density at radius 3 is 2.48 bits per heavy atom. The number of nitrogens with one attached hydrogen (secondary N) is 1. The van der Waals surface area contributed by atoms with E-state index in [1.54, 1.807) is 30.5 Å². The summed E-state index contributed by atoms with van der Waals surface area (Å²) in [5.74, 6) is -0.944. The quantitative estimate of drug-likeness (QED) is 0.542. The van der Waals surface area contributed by atoms with Gasteiger partial charge in [0.1, 0.15) is 15.6 Å². The number of hydrogen-bond acceptors (Lipinski definition) is 6. The number of fused-ring (bicyclic) bond motifs is 1. The molecule has 1 amide bonds. The van der Waals surface area contributed by atoms with Crippen molar-refractivity contribution in [1.29, 1.82) is 0 Å². The molecule has 0 aliphatic carbocycles. The van der Waals surface area contributed by atoms with E-state index >= 15 is 0 Å². The lowest BCUT2D eigenvalue weighted by atomic mass is 10.2. The van der Waals surface area contributed by atoms with Gasteiger partial charge in [0.25, 0.3) is 5.91 Å². The van der Waals surface area contributed by atoms with Crippen molar-refractivity contribution in [3.05, 3.63) is 53.5 Å². The van der Waals surface area contributed by atoms with Crippen molar-refractivity contribution in [1.82, 2.24) is 4.98 Å². The molecule has 1 aromatic carbocycles. The van der Waals surface area contributed by atoms with Crippen LogP contribution in [-0.4, -0.2) is 34.3 Å². The number of thiophene rings is 1. The number of hydrogen-bond donors (Lipinski definition) is 4. The number of halogens is 1. The molecule has 0 fully saturated rings. The first-order chi connectivity index (χ1) is 13.0. The molecular formula is C19H24FN3O3S. The molecule has 3 rings (SSSR count). The molecule has 146 valence electrons. The molecule has 27 heavy (non-hydrogen) atoms. The molecule has 5 N–H and O–H groups in total. The highest BCUT2D eigenvalue weighted by atomic mass is 32.1. The van der Waals surface area contributed by atoms with Gasteiger partial charge in [-0.15, -0.1) is 0 Å². The first-order valence-electron chi connectivity index (χ1n) is 8.40. The molecule has 2 aromatic heterocycles. The van der Waals surface area contributed by atoms with Crippen molar-refractivity contribution < 1.29 is 19.4 Å². The summed E-state index contributed by atoms with van der Waals surface area (Å²) in [4.78, 5) is 16.6. The second kappa shape index (κ2) is 11.2. The Balaban J connectivity index is 0.000000541. The predicted molar refractivity (Wildman–Crippen MR) is 108 cm³/mol. The zero-order valence-electron chi connectivity index (χ0n) is 15.5. The molecule has 0 radical (unpaired) electrons. The number of aliphatic hydroxyl groups is 2. The number of aliphatic hydroxyl groups excluding tert-OH is 2. The normalized spacial score (nSPS) is 9.70. The zero-order valence-corrected chi connectivity index (χ0v) is 16.3. The third kappa shape index (κ3) is 5.99. The summed E-state index contributed by atoms with van der Waals surface area (Å²) in [6.45, 7) is 5.56. The summed E-state index contributed by atoms with van der Waals surface area (Å²) in [6.07, 6.45) is 1.64. The topological polar surface area (TPSA) is 108 Å². The summed E-state index contributed by atoms with van der Waals surface area (Å²) in [7, 11) is 0. The largest absolute Gasteiger partial charge is 0.394 e. The Morgan fingerprint density at radius 2 is 1.93 bits per heavy atom. The van der Waals surface area contributed by atoms with Crippen molar-refractivity contribution in [3.8, 4) is 0 Å². The van der Waals surface area contributed by atoms with Crippen molar-refractivity contribution in [3.63, 3.8) is 0 Å². The number of carbonyl (C=O) groups is 1. The second-order valence-electron chi connectivity index (χ2n) is 5.08. The number of aromatic nitrogens is 1. The van der Waals surface area contributed by atoms with E-state index in [-0.39, 0.29) is 19.0 Å². The number of primary amides is 1. The molecule has 2 heterocycles. The van der Waals surface area contributed by atoms with Crippen LogP contribution < -0.4 is 11.1 Å². The number of amides is 1. The lowest BCUT2D eigenvalue weighted by molar-refractivity contribution is 0.100. The van der Waals surface area contributed by atoms with Gasteiger partial charge in [-0.1, -0.05) is 31.3 Å². The van der Waals surface area contributed by atoms with Crippen LogP contribution in [0.2, 0.25) is 0 Å². The number of rotatable bonds is 4. The third-order valence-corrected chi connectivity index (χ3v) is 4.21. The highest BCUT2D eigenvalue weighted by Gasteiger charge is 2.18. The minimum Gasteiger partial charge on any atom is -0.394 e. The number of aryl methyl sites for hydroxylation is 1. The van der Waals surface area contributed by atoms with Crippen LogP contribution in [0.5, 0.6) is 0 Å². The summed E-state index contributed by atoms with van der Waals surface area (Å²) >= 11 is 1.27. The van der Waals surface area contributed by atoms with Crippen molar-refractivity contribution in [2.24, 2.45) is 5.73 Å². The smallest absolute Gasteiger partial charge is 0.252 e. The van der Waals surface area contributed by atoms with Crippen LogP contribution in [0.4, 0.5) is 15.1 Å². The van der Waals surface area contributed by atoms with Crippen LogP contribution in [-0.2, 0) is 0 Å². The van der Waals surface area contributed by atoms with Crippen LogP contribution in [0.15, 0.2) is 36.5 Å². The molecule has 0 bridgehead atoms. The second-order valence-corrected chi connectivity index (χ2v) is 6.08. The van der Waals surface area contributed by atoms with E-state index in [0.717, 1.165) is 5.56 Å². The van der Waals surface area contributed by atoms with Gasteiger partial charge in [-0.25, -0.2) is 9.37 Å². The van der Waals surface area contributed by atoms with Gasteiger partial charge in [0.2, 0.25) is 0 Å². The SMILES string of the molecule is CC.Cc1ccc(Nc2sc3ncccc3c2C(N)=O)c(F)c1.OCCO. The Labute approximate surface area is 161 Å². The number of pyridine rings is 1. The highest BCUT2D eigenvalue weighted by Crippen LogP contribution is 2.36. The summed E-state index contributed by atoms with van der Waals surface area (Å²) < 4.78 is 13.9. The molecular weight excluding hydrogens is 369 g/mol. The van der Waals surface area contributed by atoms with Gasteiger partial charge in [0.15, 0.2) is 0 Å². The minimum absolute atomic E-state index is 0.125. The Bertz CT molecular complexity index is 882. The van der Waals surface area contributed by atoms with Gasteiger partial charge < -0.3 is 21.3 Å². The zero-order chi connectivity index (χ0) is 20.4. The monoisotopic (exact) mass is 393 g/mol. The standard InChI is InChI=1S/C15H12FN3OS.C2H6O2.C2H6/c1-8-4-5-11(10(16)7-8)19-15-12(13(17)20)9-3-2-6-18-14(9)21-15;3-1-2-4;1-2/h2-7,19H,1H3,(H2,17,20);3-4H,1-2H2;1-2H3. The molecule has 6 nitrogen and oxygen atoms in total. The maximum atomic E-state index is 13.9. The molecule has 3 aromatic rings. The first-order valence-corrected chi connectivity index (χ1v) is 9.21. The van der Waals surface area contributed by atoms with E-state index in [2.05, 4.69) is 10.3 Å². The van der Waals surface area contributed by atoms with E-state index in [1.807, 2.05) is 20.8 Å². The molecule has 0 spiro atoms. The van der Waals surface area contributed by atoms with E-state index in [0.29, 0.717) is 26.5 Å². The Morgan fingerprint density at radius 1 is 1.26 bits per heavy atom. The summed E-state index contributed by atoms with van der Waals surface area (Å²) in [5.41, 5.74) is 6.91. The van der Waals surface area contributed by atoms with Gasteiger partial charge in [-0.2, -0.15) is 0 Å². The van der Waals surface area contributed by atoms with E-state index in [4.69, 9.17) is 15.9 Å². The average Bonchev–Trinajstić information content (AvgIpc) is 3.04. The molecule has 0 aliphatic heterocycles. The van der Waals surface area contributed by atoms with E-state index < -0.39 is 5.91 Å². The average molecular weight is 393 g/mol. The number of carbonyl (C=O) groups excluding carboxylic acids is 1. The maximum Gasteiger partial charge on any atom is 0.252 e. The number of nitrogens with two attached hydrogens (primary N) is 1. The van der Waals surface area contributed by atoms with Gasteiger partial charge in [0.05, 0.1) is 24.5 Å². The van der Waals surface area contributed by atoms with E-state index in [1.165, 1.54) is 17.4 Å². The fraction of sp³-hybridized carbons (Fsp3) is 0.263. The predicted octanol–water partition coefficient (Wildman–Crippen LogP) is 3.58. The van der Waals surface area contributed by atoms with Crippen molar-refractivity contribution in [2.45, 2.75) is 20.8 Å². The van der Waals surface area contributed by atoms with Crippen LogP contribution in [0.3, 0.4) is 0 Å². The molecule has 0 unspecified atom stereocenters. The molecule has 8 heteroatoms. The lowest BCUT2D eigenvalue weighted by Crippen LogP contribution is -2.12. The molecule has 0 saturated heterocycles. The third-order valence-electron chi connectivity index (χ3n) is 3.19. The van der Waals surface area contributed by atoms with Crippen LogP contribution >= 0.6 is 11.3 Å². The van der Waals surface area contributed by atoms with Crippen LogP contribution in [0.25, 0.3) is 10.2 Å².